The molecule has 2 atom stereocenters. The first-order valence-corrected chi connectivity index (χ1v) is 3.67. The van der Waals surface area contributed by atoms with Crippen LogP contribution in [0, 0.1) is 5.92 Å². The predicted octanol–water partition coefficient (Wildman–Crippen LogP) is 1.22. The van der Waals surface area contributed by atoms with Crippen molar-refractivity contribution < 1.29 is 0 Å². The van der Waals surface area contributed by atoms with E-state index in [1.807, 2.05) is 0 Å². The van der Waals surface area contributed by atoms with E-state index >= 15 is 0 Å². The minimum Gasteiger partial charge on any atom is -0.313 e. The minimum absolute atomic E-state index is 0.580. The van der Waals surface area contributed by atoms with Crippen LogP contribution in [0.2, 0.25) is 0 Å². The Balaban J connectivity index is 2.30. The first-order valence-electron chi connectivity index (χ1n) is 3.14. The van der Waals surface area contributed by atoms with Crippen molar-refractivity contribution in [3.8, 4) is 0 Å². The molecule has 1 heterocycles. The topological polar surface area (TPSA) is 12.0 Å². The van der Waals surface area contributed by atoms with Gasteiger partial charge in [0.25, 0.3) is 0 Å². The van der Waals surface area contributed by atoms with Gasteiger partial charge in [-0.05, 0) is 18.9 Å². The molecule has 1 N–H and O–H groups in total. The van der Waals surface area contributed by atoms with Gasteiger partial charge in [0.1, 0.15) is 0 Å². The normalized spacial score (nSPS) is 38.2. The van der Waals surface area contributed by atoms with E-state index in [1.54, 1.807) is 0 Å². The molecule has 1 aliphatic heterocycles. The molecule has 2 unspecified atom stereocenters. The Hall–Kier alpha value is 0.250. The lowest BCUT2D eigenvalue weighted by Gasteiger charge is -2.09. The van der Waals surface area contributed by atoms with Gasteiger partial charge in [-0.2, -0.15) is 0 Å². The molecule has 8 heavy (non-hydrogen) atoms. The number of alkyl halides is 1. The summed E-state index contributed by atoms with van der Waals surface area (Å²) in [7, 11) is 0. The van der Waals surface area contributed by atoms with E-state index in [0.29, 0.717) is 6.04 Å². The van der Waals surface area contributed by atoms with Gasteiger partial charge in [0, 0.05) is 11.9 Å². The number of hydrogen-bond acceptors (Lipinski definition) is 1. The fourth-order valence-electron chi connectivity index (χ4n) is 1.11. The molecule has 0 saturated carbocycles. The van der Waals surface area contributed by atoms with Crippen LogP contribution in [0.1, 0.15) is 13.3 Å². The van der Waals surface area contributed by atoms with Crippen LogP contribution in [-0.4, -0.2) is 18.5 Å². The summed E-state index contributed by atoms with van der Waals surface area (Å²) in [5, 5.41) is 3.32. The van der Waals surface area contributed by atoms with Gasteiger partial charge in [0.15, 0.2) is 0 Å². The molecule has 1 saturated heterocycles. The lowest BCUT2D eigenvalue weighted by molar-refractivity contribution is 0.524. The van der Waals surface area contributed by atoms with Gasteiger partial charge in [-0.25, -0.2) is 0 Å². The highest BCUT2D eigenvalue weighted by Gasteiger charge is 2.20. The molecule has 2 heteroatoms. The summed E-state index contributed by atoms with van der Waals surface area (Å²) < 4.78 is 0. The average molecular weight is 134 g/mol. The van der Waals surface area contributed by atoms with Gasteiger partial charge >= 0.3 is 0 Å². The fourth-order valence-corrected chi connectivity index (χ4v) is 1.52. The highest BCUT2D eigenvalue weighted by atomic mass is 35.5. The lowest BCUT2D eigenvalue weighted by Crippen LogP contribution is -2.26. The standard InChI is InChI=1S/C6H12ClN/c1-5-2-3-8-6(5)4-7/h5-6,8H,2-4H2,1H3. The largest absolute Gasteiger partial charge is 0.313 e. The Kier molecular flexibility index (Phi) is 2.15. The van der Waals surface area contributed by atoms with Gasteiger partial charge in [-0.1, -0.05) is 6.92 Å². The summed E-state index contributed by atoms with van der Waals surface area (Å²) in [6.45, 7) is 3.39. The van der Waals surface area contributed by atoms with Gasteiger partial charge in [0.2, 0.25) is 0 Å². The van der Waals surface area contributed by atoms with Gasteiger partial charge in [-0.3, -0.25) is 0 Å². The SMILES string of the molecule is CC1CCNC1CCl. The Labute approximate surface area is 55.4 Å². The number of halogens is 1. The third kappa shape index (κ3) is 1.15. The van der Waals surface area contributed by atoms with E-state index < -0.39 is 0 Å². The Morgan fingerprint density at radius 2 is 2.50 bits per heavy atom. The minimum atomic E-state index is 0.580. The Morgan fingerprint density at radius 3 is 2.75 bits per heavy atom. The van der Waals surface area contributed by atoms with Crippen molar-refractivity contribution >= 4 is 11.6 Å². The molecule has 0 aromatic heterocycles. The van der Waals surface area contributed by atoms with Crippen LogP contribution in [0.4, 0.5) is 0 Å². The quantitative estimate of drug-likeness (QED) is 0.531. The number of hydrogen-bond donors (Lipinski definition) is 1. The van der Waals surface area contributed by atoms with Crippen molar-refractivity contribution in [2.45, 2.75) is 19.4 Å². The second-order valence-electron chi connectivity index (χ2n) is 2.48. The third-order valence-corrected chi connectivity index (χ3v) is 2.19. The molecule has 0 spiro atoms. The van der Waals surface area contributed by atoms with E-state index in [1.165, 1.54) is 6.42 Å². The van der Waals surface area contributed by atoms with Crippen molar-refractivity contribution in [3.63, 3.8) is 0 Å². The van der Waals surface area contributed by atoms with Crippen LogP contribution < -0.4 is 5.32 Å². The lowest BCUT2D eigenvalue weighted by atomic mass is 10.1. The molecule has 0 aromatic rings. The maximum absolute atomic E-state index is 5.64. The summed E-state index contributed by atoms with van der Waals surface area (Å²) in [5.74, 6) is 1.55. The smallest absolute Gasteiger partial charge is 0.0380 e. The Bertz CT molecular complexity index is 74.9. The van der Waals surface area contributed by atoms with E-state index in [2.05, 4.69) is 12.2 Å². The highest BCUT2D eigenvalue weighted by Crippen LogP contribution is 2.14. The number of nitrogens with one attached hydrogen (secondary N) is 1. The second-order valence-corrected chi connectivity index (χ2v) is 2.79. The van der Waals surface area contributed by atoms with Gasteiger partial charge < -0.3 is 5.32 Å². The molecule has 48 valence electrons. The van der Waals surface area contributed by atoms with Crippen LogP contribution in [0.5, 0.6) is 0 Å². The van der Waals surface area contributed by atoms with Crippen LogP contribution in [0.25, 0.3) is 0 Å². The van der Waals surface area contributed by atoms with Crippen molar-refractivity contribution in [1.29, 1.82) is 0 Å². The van der Waals surface area contributed by atoms with Gasteiger partial charge in [-0.15, -0.1) is 11.6 Å². The van der Waals surface area contributed by atoms with E-state index in [-0.39, 0.29) is 0 Å². The summed E-state index contributed by atoms with van der Waals surface area (Å²) >= 11 is 5.64. The fraction of sp³-hybridized carbons (Fsp3) is 1.00. The molecule has 0 aromatic carbocycles. The first-order chi connectivity index (χ1) is 3.84. The van der Waals surface area contributed by atoms with Crippen LogP contribution in [-0.2, 0) is 0 Å². The summed E-state index contributed by atoms with van der Waals surface area (Å²) in [6, 6.07) is 0.580. The maximum atomic E-state index is 5.64. The molecular weight excluding hydrogens is 122 g/mol. The zero-order chi connectivity index (χ0) is 5.98. The van der Waals surface area contributed by atoms with Crippen LogP contribution in [0.15, 0.2) is 0 Å². The molecular formula is C6H12ClN. The summed E-state index contributed by atoms with van der Waals surface area (Å²) in [4.78, 5) is 0. The Morgan fingerprint density at radius 1 is 1.75 bits per heavy atom. The highest BCUT2D eigenvalue weighted by molar-refractivity contribution is 6.18. The first kappa shape index (κ1) is 6.37. The molecule has 1 fully saturated rings. The molecule has 1 rings (SSSR count). The zero-order valence-electron chi connectivity index (χ0n) is 5.15. The molecule has 1 nitrogen and oxygen atoms in total. The summed E-state index contributed by atoms with van der Waals surface area (Å²) in [6.07, 6.45) is 1.29. The van der Waals surface area contributed by atoms with Crippen molar-refractivity contribution in [2.24, 2.45) is 5.92 Å². The van der Waals surface area contributed by atoms with Crippen molar-refractivity contribution in [3.05, 3.63) is 0 Å². The monoisotopic (exact) mass is 133 g/mol. The van der Waals surface area contributed by atoms with Crippen LogP contribution in [0.3, 0.4) is 0 Å². The maximum Gasteiger partial charge on any atom is 0.0380 e. The van der Waals surface area contributed by atoms with Crippen molar-refractivity contribution in [2.75, 3.05) is 12.4 Å². The van der Waals surface area contributed by atoms with Gasteiger partial charge in [0.05, 0.1) is 0 Å². The molecule has 0 radical (unpaired) electrons. The van der Waals surface area contributed by atoms with E-state index in [4.69, 9.17) is 11.6 Å². The summed E-state index contributed by atoms with van der Waals surface area (Å²) in [5.41, 5.74) is 0. The zero-order valence-corrected chi connectivity index (χ0v) is 5.91. The van der Waals surface area contributed by atoms with E-state index in [0.717, 1.165) is 18.3 Å². The molecule has 0 aliphatic carbocycles. The average Bonchev–Trinajstić information content (AvgIpc) is 2.14. The molecule has 1 aliphatic rings. The second kappa shape index (κ2) is 2.70. The molecule has 0 bridgehead atoms. The van der Waals surface area contributed by atoms with Crippen molar-refractivity contribution in [1.82, 2.24) is 5.32 Å². The van der Waals surface area contributed by atoms with E-state index in [9.17, 15) is 0 Å². The molecule has 0 amide bonds. The third-order valence-electron chi connectivity index (χ3n) is 1.86. The number of rotatable bonds is 1. The predicted molar refractivity (Wildman–Crippen MR) is 36.3 cm³/mol. The van der Waals surface area contributed by atoms with Crippen LogP contribution >= 0.6 is 11.6 Å².